The van der Waals surface area contributed by atoms with E-state index in [1.54, 1.807) is 19.2 Å². The van der Waals surface area contributed by atoms with Gasteiger partial charge in [-0.1, -0.05) is 20.8 Å². The Balaban J connectivity index is 2.38. The number of aromatic nitrogens is 2. The number of benzene rings is 1. The minimum atomic E-state index is -0.448. The van der Waals surface area contributed by atoms with Gasteiger partial charge in [0, 0.05) is 36.5 Å². The Bertz CT molecular complexity index is 790. The predicted octanol–water partition coefficient (Wildman–Crippen LogP) is 2.80. The monoisotopic (exact) mass is 357 g/mol. The van der Waals surface area contributed by atoms with Gasteiger partial charge < -0.3 is 10.6 Å². The highest BCUT2D eigenvalue weighted by atomic mass is 16.6. The molecule has 0 spiro atoms. The molecule has 8 nitrogen and oxygen atoms in total. The van der Waals surface area contributed by atoms with E-state index < -0.39 is 11.0 Å². The molecule has 2 rings (SSSR count). The van der Waals surface area contributed by atoms with Crippen molar-refractivity contribution in [2.24, 2.45) is 5.92 Å². The molecule has 0 bridgehead atoms. The maximum Gasteiger partial charge on any atom is 0.269 e. The van der Waals surface area contributed by atoms with Crippen molar-refractivity contribution in [3.8, 4) is 11.4 Å². The third-order valence-electron chi connectivity index (χ3n) is 3.98. The molecule has 1 aromatic carbocycles. The number of carbonyl (C=O) groups excluding carboxylic acids is 1. The molecule has 0 aliphatic carbocycles. The zero-order valence-electron chi connectivity index (χ0n) is 15.3. The number of hydrogen-bond donors (Lipinski definition) is 2. The fourth-order valence-electron chi connectivity index (χ4n) is 2.46. The van der Waals surface area contributed by atoms with Crippen molar-refractivity contribution in [2.45, 2.75) is 33.2 Å². The number of rotatable bonds is 7. The van der Waals surface area contributed by atoms with E-state index in [0.29, 0.717) is 23.6 Å². The summed E-state index contributed by atoms with van der Waals surface area (Å²) in [5.41, 5.74) is 1.50. The highest BCUT2D eigenvalue weighted by molar-refractivity contribution is 5.84. The molecule has 1 unspecified atom stereocenters. The molecule has 1 amide bonds. The van der Waals surface area contributed by atoms with Crippen molar-refractivity contribution in [3.63, 3.8) is 0 Å². The summed E-state index contributed by atoms with van der Waals surface area (Å²) in [4.78, 5) is 31.4. The summed E-state index contributed by atoms with van der Waals surface area (Å²) in [5.74, 6) is 0.958. The molecule has 0 aliphatic rings. The van der Waals surface area contributed by atoms with Crippen molar-refractivity contribution in [2.75, 3.05) is 12.4 Å². The van der Waals surface area contributed by atoms with Crippen LogP contribution in [0.25, 0.3) is 11.4 Å². The van der Waals surface area contributed by atoms with Crippen molar-refractivity contribution in [1.29, 1.82) is 0 Å². The van der Waals surface area contributed by atoms with Gasteiger partial charge in [-0.25, -0.2) is 9.97 Å². The first-order valence-electron chi connectivity index (χ1n) is 8.46. The van der Waals surface area contributed by atoms with Gasteiger partial charge in [-0.2, -0.15) is 0 Å². The number of anilines is 1. The van der Waals surface area contributed by atoms with E-state index in [1.165, 1.54) is 12.1 Å². The lowest BCUT2D eigenvalue weighted by molar-refractivity contribution is -0.384. The summed E-state index contributed by atoms with van der Waals surface area (Å²) < 4.78 is 0. The lowest BCUT2D eigenvalue weighted by atomic mass is 10.0. The molecular weight excluding hydrogens is 334 g/mol. The molecule has 0 saturated heterocycles. The van der Waals surface area contributed by atoms with Crippen molar-refractivity contribution in [1.82, 2.24) is 15.3 Å². The molecule has 138 valence electrons. The van der Waals surface area contributed by atoms with E-state index in [-0.39, 0.29) is 17.5 Å². The van der Waals surface area contributed by atoms with Crippen LogP contribution in [0.4, 0.5) is 11.5 Å². The number of nitro benzene ring substituents is 1. The SMILES string of the molecule is CCc1cc(NC(C(=O)NC)C(C)C)nc(-c2ccc([N+](=O)[O-])cc2)n1. The Labute approximate surface area is 152 Å². The van der Waals surface area contributed by atoms with Gasteiger partial charge in [0.25, 0.3) is 5.69 Å². The molecule has 26 heavy (non-hydrogen) atoms. The van der Waals surface area contributed by atoms with Crippen LogP contribution >= 0.6 is 0 Å². The van der Waals surface area contributed by atoms with E-state index >= 15 is 0 Å². The summed E-state index contributed by atoms with van der Waals surface area (Å²) in [6, 6.07) is 7.47. The van der Waals surface area contributed by atoms with Gasteiger partial charge in [0.15, 0.2) is 5.82 Å². The number of aryl methyl sites for hydroxylation is 1. The lowest BCUT2D eigenvalue weighted by Gasteiger charge is -2.21. The van der Waals surface area contributed by atoms with Gasteiger partial charge in [-0.3, -0.25) is 14.9 Å². The molecule has 1 atom stereocenters. The highest BCUT2D eigenvalue weighted by Gasteiger charge is 2.22. The molecule has 8 heteroatoms. The summed E-state index contributed by atoms with van der Waals surface area (Å²) in [6.45, 7) is 5.88. The molecule has 0 aliphatic heterocycles. The van der Waals surface area contributed by atoms with Gasteiger partial charge in [-0.15, -0.1) is 0 Å². The third-order valence-corrected chi connectivity index (χ3v) is 3.98. The summed E-state index contributed by atoms with van der Waals surface area (Å²) in [5, 5.41) is 16.6. The number of amides is 1. The standard InChI is InChI=1S/C18H23N5O3/c1-5-13-10-15(21-16(11(2)3)18(24)19-4)22-17(20-13)12-6-8-14(9-7-12)23(25)26/h6-11,16H,5H2,1-4H3,(H,19,24)(H,20,21,22). The van der Waals surface area contributed by atoms with Crippen LogP contribution in [0, 0.1) is 16.0 Å². The normalized spacial score (nSPS) is 11.9. The number of carbonyl (C=O) groups is 1. The fourth-order valence-corrected chi connectivity index (χ4v) is 2.46. The van der Waals surface area contributed by atoms with Crippen LogP contribution < -0.4 is 10.6 Å². The molecule has 2 aromatic rings. The molecule has 0 saturated carbocycles. The van der Waals surface area contributed by atoms with E-state index in [1.807, 2.05) is 26.8 Å². The average molecular weight is 357 g/mol. The highest BCUT2D eigenvalue weighted by Crippen LogP contribution is 2.22. The number of nitro groups is 1. The minimum Gasteiger partial charge on any atom is -0.358 e. The molecule has 0 radical (unpaired) electrons. The van der Waals surface area contributed by atoms with Gasteiger partial charge in [-0.05, 0) is 24.5 Å². The Morgan fingerprint density at radius 3 is 2.38 bits per heavy atom. The number of hydrogen-bond acceptors (Lipinski definition) is 6. The molecular formula is C18H23N5O3. The molecule has 1 heterocycles. The number of non-ortho nitro benzene ring substituents is 1. The Morgan fingerprint density at radius 2 is 1.88 bits per heavy atom. The smallest absolute Gasteiger partial charge is 0.269 e. The van der Waals surface area contributed by atoms with Gasteiger partial charge in [0.1, 0.15) is 11.9 Å². The van der Waals surface area contributed by atoms with Crippen LogP contribution in [0.15, 0.2) is 30.3 Å². The Kier molecular flexibility index (Phi) is 6.21. The second kappa shape index (κ2) is 8.37. The van der Waals surface area contributed by atoms with Crippen LogP contribution in [0.3, 0.4) is 0 Å². The first-order valence-corrected chi connectivity index (χ1v) is 8.46. The number of nitrogens with one attached hydrogen (secondary N) is 2. The van der Waals surface area contributed by atoms with Crippen LogP contribution in [0.2, 0.25) is 0 Å². The lowest BCUT2D eigenvalue weighted by Crippen LogP contribution is -2.41. The molecule has 1 aromatic heterocycles. The zero-order valence-corrected chi connectivity index (χ0v) is 15.3. The second-order valence-electron chi connectivity index (χ2n) is 6.21. The second-order valence-corrected chi connectivity index (χ2v) is 6.21. The largest absolute Gasteiger partial charge is 0.358 e. The molecule has 2 N–H and O–H groups in total. The number of nitrogens with zero attached hydrogens (tertiary/aromatic N) is 3. The van der Waals surface area contributed by atoms with Crippen LogP contribution in [-0.4, -0.2) is 33.9 Å². The van der Waals surface area contributed by atoms with E-state index in [4.69, 9.17) is 0 Å². The first kappa shape index (κ1) is 19.3. The maximum atomic E-state index is 12.1. The van der Waals surface area contributed by atoms with Crippen molar-refractivity contribution in [3.05, 3.63) is 46.1 Å². The first-order chi connectivity index (χ1) is 12.3. The Hall–Kier alpha value is -3.03. The third kappa shape index (κ3) is 4.53. The van der Waals surface area contributed by atoms with Crippen molar-refractivity contribution < 1.29 is 9.72 Å². The van der Waals surface area contributed by atoms with Gasteiger partial charge >= 0.3 is 0 Å². The van der Waals surface area contributed by atoms with Crippen LogP contribution in [0.5, 0.6) is 0 Å². The summed E-state index contributed by atoms with van der Waals surface area (Å²) in [7, 11) is 1.60. The van der Waals surface area contributed by atoms with E-state index in [0.717, 1.165) is 5.69 Å². The zero-order chi connectivity index (χ0) is 19.3. The maximum absolute atomic E-state index is 12.1. The van der Waals surface area contributed by atoms with E-state index in [2.05, 4.69) is 20.6 Å². The summed E-state index contributed by atoms with van der Waals surface area (Å²) in [6.07, 6.45) is 0.698. The van der Waals surface area contributed by atoms with Crippen LogP contribution in [0.1, 0.15) is 26.5 Å². The van der Waals surface area contributed by atoms with Crippen LogP contribution in [-0.2, 0) is 11.2 Å². The van der Waals surface area contributed by atoms with Crippen molar-refractivity contribution >= 4 is 17.4 Å². The number of likely N-dealkylation sites (N-methyl/N-ethyl adjacent to an activating group) is 1. The minimum absolute atomic E-state index is 0.0123. The topological polar surface area (TPSA) is 110 Å². The summed E-state index contributed by atoms with van der Waals surface area (Å²) >= 11 is 0. The molecule has 0 fully saturated rings. The Morgan fingerprint density at radius 1 is 1.23 bits per heavy atom. The van der Waals surface area contributed by atoms with E-state index in [9.17, 15) is 14.9 Å². The van der Waals surface area contributed by atoms with Gasteiger partial charge in [0.2, 0.25) is 5.91 Å². The average Bonchev–Trinajstić information content (AvgIpc) is 2.65. The predicted molar refractivity (Wildman–Crippen MR) is 99.8 cm³/mol. The quantitative estimate of drug-likeness (QED) is 0.582. The van der Waals surface area contributed by atoms with Gasteiger partial charge in [0.05, 0.1) is 4.92 Å². The fraction of sp³-hybridized carbons (Fsp3) is 0.389.